The number of rotatable bonds is 6. The standard InChI is InChI=1S/C17H14FN5O2SSe/c1-2-22(15(27)10-3-5-12(18)6-4-10)13-7-11(16(24)25)8-14(9-13)23-17(26)19-20-21-23/h3-9H,2H2,1H3,(H,24,25)(H,19,21,26). The van der Waals surface area contributed by atoms with Crippen molar-refractivity contribution in [3.63, 3.8) is 0 Å². The van der Waals surface area contributed by atoms with Crippen molar-refractivity contribution >= 4 is 44.0 Å². The average molecular weight is 450 g/mol. The number of anilines is 1. The first-order valence-corrected chi connectivity index (χ1v) is 9.13. The fourth-order valence-electron chi connectivity index (χ4n) is 2.56. The van der Waals surface area contributed by atoms with Crippen molar-refractivity contribution in [1.82, 2.24) is 20.2 Å². The number of benzene rings is 2. The van der Waals surface area contributed by atoms with Gasteiger partial charge in [-0.1, -0.05) is 0 Å². The van der Waals surface area contributed by atoms with Gasteiger partial charge < -0.3 is 0 Å². The van der Waals surface area contributed by atoms with Gasteiger partial charge in [-0.3, -0.25) is 0 Å². The van der Waals surface area contributed by atoms with Crippen LogP contribution in [-0.2, 0) is 0 Å². The normalized spacial score (nSPS) is 10.6. The van der Waals surface area contributed by atoms with Crippen molar-refractivity contribution < 1.29 is 14.3 Å². The third-order valence-electron chi connectivity index (χ3n) is 3.84. The average Bonchev–Trinajstić information content (AvgIpc) is 3.08. The molecule has 1 aromatic heterocycles. The predicted octanol–water partition coefficient (Wildman–Crippen LogP) is 2.34. The topological polar surface area (TPSA) is 87.0 Å². The van der Waals surface area contributed by atoms with Crippen LogP contribution < -0.4 is 4.90 Å². The van der Waals surface area contributed by atoms with E-state index >= 15 is 0 Å². The predicted molar refractivity (Wildman–Crippen MR) is 103 cm³/mol. The van der Waals surface area contributed by atoms with Crippen LogP contribution in [0.25, 0.3) is 5.69 Å². The van der Waals surface area contributed by atoms with Crippen LogP contribution in [0.4, 0.5) is 10.1 Å². The maximum atomic E-state index is 13.2. The van der Waals surface area contributed by atoms with Gasteiger partial charge in [-0.05, 0) is 0 Å². The molecular weight excluding hydrogens is 436 g/mol. The molecule has 0 bridgehead atoms. The number of aromatic amines is 1. The van der Waals surface area contributed by atoms with Crippen molar-refractivity contribution in [1.29, 1.82) is 0 Å². The molecule has 1 heterocycles. The molecule has 3 aromatic rings. The molecule has 0 unspecified atom stereocenters. The van der Waals surface area contributed by atoms with Gasteiger partial charge in [-0.25, -0.2) is 0 Å². The SMILES string of the molecule is CCN(C(=[Se])c1ccc(F)cc1)c1cc(C(=O)O)cc(-n2[nH]nnc2=S)c1. The number of carboxylic acid groups (broad SMARTS) is 1. The van der Waals surface area contributed by atoms with E-state index in [0.29, 0.717) is 17.9 Å². The molecule has 0 fully saturated rings. The maximum absolute atomic E-state index is 13.2. The van der Waals surface area contributed by atoms with Crippen LogP contribution in [0.5, 0.6) is 0 Å². The molecule has 0 aliphatic rings. The zero-order valence-electron chi connectivity index (χ0n) is 14.1. The number of nitrogens with zero attached hydrogens (tertiary/aromatic N) is 4. The van der Waals surface area contributed by atoms with E-state index in [1.807, 2.05) is 11.8 Å². The number of H-pyrrole nitrogens is 1. The van der Waals surface area contributed by atoms with Crippen LogP contribution in [-0.4, -0.2) is 57.9 Å². The van der Waals surface area contributed by atoms with Crippen LogP contribution in [0.3, 0.4) is 0 Å². The Morgan fingerprint density at radius 1 is 1.30 bits per heavy atom. The summed E-state index contributed by atoms with van der Waals surface area (Å²) in [5.41, 5.74) is 1.98. The van der Waals surface area contributed by atoms with E-state index < -0.39 is 5.97 Å². The number of nitrogens with one attached hydrogen (secondary N) is 1. The van der Waals surface area contributed by atoms with Crippen molar-refractivity contribution in [2.45, 2.75) is 6.92 Å². The summed E-state index contributed by atoms with van der Waals surface area (Å²) in [7, 11) is 0. The molecule has 0 radical (unpaired) electrons. The van der Waals surface area contributed by atoms with Gasteiger partial charge in [0.05, 0.1) is 0 Å². The van der Waals surface area contributed by atoms with E-state index in [1.165, 1.54) is 22.9 Å². The number of tetrazole rings is 1. The van der Waals surface area contributed by atoms with Gasteiger partial charge >= 0.3 is 167 Å². The second kappa shape index (κ2) is 7.91. The van der Waals surface area contributed by atoms with Crippen molar-refractivity contribution in [3.8, 4) is 5.69 Å². The fraction of sp³-hybridized carbons (Fsp3) is 0.118. The third-order valence-corrected chi connectivity index (χ3v) is 5.06. The molecule has 10 heteroatoms. The molecule has 7 nitrogen and oxygen atoms in total. The molecule has 138 valence electrons. The van der Waals surface area contributed by atoms with Crippen molar-refractivity contribution in [2.24, 2.45) is 0 Å². The molecule has 2 N–H and O–H groups in total. The fourth-order valence-corrected chi connectivity index (χ4v) is 3.53. The first-order chi connectivity index (χ1) is 12.9. The minimum atomic E-state index is -1.07. The third kappa shape index (κ3) is 4.02. The van der Waals surface area contributed by atoms with Crippen molar-refractivity contribution in [3.05, 3.63) is 64.2 Å². The zero-order chi connectivity index (χ0) is 19.6. The molecular formula is C17H14FN5O2SSe. The van der Waals surface area contributed by atoms with Gasteiger partial charge in [-0.15, -0.1) is 0 Å². The number of hydrogen-bond acceptors (Lipinski definition) is 5. The molecule has 0 aliphatic heterocycles. The second-order valence-electron chi connectivity index (χ2n) is 5.52. The number of halogens is 1. The van der Waals surface area contributed by atoms with E-state index in [-0.39, 0.29) is 16.2 Å². The molecule has 0 saturated heterocycles. The number of aromatic carboxylic acids is 1. The Kier molecular flexibility index (Phi) is 5.59. The van der Waals surface area contributed by atoms with Gasteiger partial charge in [0, 0.05) is 0 Å². The van der Waals surface area contributed by atoms with Gasteiger partial charge in [-0.2, -0.15) is 0 Å². The number of aromatic nitrogens is 4. The molecule has 0 spiro atoms. The number of hydrogen-bond donors (Lipinski definition) is 2. The summed E-state index contributed by atoms with van der Waals surface area (Å²) in [5, 5.41) is 19.5. The molecule has 0 saturated carbocycles. The molecule has 3 rings (SSSR count). The zero-order valence-corrected chi connectivity index (χ0v) is 16.6. The Balaban J connectivity index is 2.10. The summed E-state index contributed by atoms with van der Waals surface area (Å²) in [6.45, 7) is 2.48. The van der Waals surface area contributed by atoms with Gasteiger partial charge in [0.25, 0.3) is 0 Å². The van der Waals surface area contributed by atoms with Gasteiger partial charge in [0.2, 0.25) is 0 Å². The summed E-state index contributed by atoms with van der Waals surface area (Å²) < 4.78 is 15.5. The van der Waals surface area contributed by atoms with Crippen LogP contribution >= 0.6 is 12.2 Å². The second-order valence-corrected chi connectivity index (χ2v) is 6.69. The molecule has 0 atom stereocenters. The first kappa shape index (κ1) is 19.1. The van der Waals surface area contributed by atoms with Gasteiger partial charge in [0.15, 0.2) is 0 Å². The molecule has 0 amide bonds. The minimum absolute atomic E-state index is 0.0874. The van der Waals surface area contributed by atoms with E-state index in [9.17, 15) is 14.3 Å². The van der Waals surface area contributed by atoms with E-state index in [2.05, 4.69) is 31.1 Å². The van der Waals surface area contributed by atoms with Gasteiger partial charge in [0.1, 0.15) is 0 Å². The monoisotopic (exact) mass is 451 g/mol. The van der Waals surface area contributed by atoms with Crippen LogP contribution in [0, 0.1) is 10.6 Å². The Morgan fingerprint density at radius 3 is 2.56 bits per heavy atom. The molecule has 27 heavy (non-hydrogen) atoms. The Labute approximate surface area is 166 Å². The number of carbonyl (C=O) groups is 1. The Morgan fingerprint density at radius 2 is 2.00 bits per heavy atom. The van der Waals surface area contributed by atoms with Crippen molar-refractivity contribution in [2.75, 3.05) is 11.4 Å². The summed E-state index contributed by atoms with van der Waals surface area (Å²) in [6.07, 6.45) is 0. The Hall–Kier alpha value is -2.68. The van der Waals surface area contributed by atoms with E-state index in [0.717, 1.165) is 10.1 Å². The van der Waals surface area contributed by atoms with E-state index in [4.69, 9.17) is 12.2 Å². The Bertz CT molecular complexity index is 1060. The van der Waals surface area contributed by atoms with E-state index in [1.54, 1.807) is 24.3 Å². The first-order valence-electron chi connectivity index (χ1n) is 7.87. The summed E-state index contributed by atoms with van der Waals surface area (Å²) in [4.78, 5) is 13.5. The summed E-state index contributed by atoms with van der Waals surface area (Å²) in [5.74, 6) is -1.40. The molecule has 2 aromatic carbocycles. The van der Waals surface area contributed by atoms with Crippen LogP contribution in [0.15, 0.2) is 42.5 Å². The summed E-state index contributed by atoms with van der Waals surface area (Å²) in [6, 6.07) is 10.9. The number of carboxylic acids is 1. The van der Waals surface area contributed by atoms with Crippen LogP contribution in [0.2, 0.25) is 0 Å². The van der Waals surface area contributed by atoms with Crippen LogP contribution in [0.1, 0.15) is 22.8 Å². The molecule has 0 aliphatic carbocycles. The quantitative estimate of drug-likeness (QED) is 0.443. The summed E-state index contributed by atoms with van der Waals surface area (Å²) >= 11 is 8.09.